The van der Waals surface area contributed by atoms with Crippen molar-refractivity contribution in [3.63, 3.8) is 0 Å². The molecule has 0 radical (unpaired) electrons. The minimum atomic E-state index is -0.0980. The van der Waals surface area contributed by atoms with Crippen LogP contribution in [0.3, 0.4) is 0 Å². The first-order chi connectivity index (χ1) is 15.3. The van der Waals surface area contributed by atoms with Crippen LogP contribution in [0.2, 0.25) is 0 Å². The van der Waals surface area contributed by atoms with Gasteiger partial charge in [0.25, 0.3) is 0 Å². The Morgan fingerprint density at radius 2 is 1.03 bits per heavy atom. The van der Waals surface area contributed by atoms with Crippen LogP contribution in [0.25, 0.3) is 11.1 Å². The molecule has 4 nitrogen and oxygen atoms in total. The van der Waals surface area contributed by atoms with Gasteiger partial charge in [-0.2, -0.15) is 0 Å². The average Bonchev–Trinajstić information content (AvgIpc) is 2.80. The molecule has 0 atom stereocenters. The molecule has 0 saturated carbocycles. The maximum atomic E-state index is 6.17. The van der Waals surface area contributed by atoms with E-state index < -0.39 is 0 Å². The van der Waals surface area contributed by atoms with Gasteiger partial charge in [0.05, 0.1) is 19.8 Å². The van der Waals surface area contributed by atoms with Crippen LogP contribution in [0.1, 0.15) is 59.3 Å². The second-order valence-electron chi connectivity index (χ2n) is 7.85. The monoisotopic (exact) mass is 428 g/mol. The third kappa shape index (κ3) is 10.2. The Labute approximate surface area is 188 Å². The lowest BCUT2D eigenvalue weighted by Gasteiger charge is -2.20. The predicted molar refractivity (Wildman–Crippen MR) is 128 cm³/mol. The average molecular weight is 429 g/mol. The molecule has 0 aliphatic carbocycles. The van der Waals surface area contributed by atoms with Crippen LogP contribution in [-0.4, -0.2) is 39.1 Å². The van der Waals surface area contributed by atoms with Crippen LogP contribution in [0.15, 0.2) is 48.5 Å². The van der Waals surface area contributed by atoms with E-state index in [0.29, 0.717) is 13.2 Å². The van der Waals surface area contributed by atoms with E-state index in [4.69, 9.17) is 18.9 Å². The van der Waals surface area contributed by atoms with Crippen molar-refractivity contribution < 1.29 is 18.9 Å². The highest BCUT2D eigenvalue weighted by atomic mass is 16.6. The molecule has 0 unspecified atom stereocenters. The summed E-state index contributed by atoms with van der Waals surface area (Å²) in [6, 6.07) is 16.5. The largest absolute Gasteiger partial charge is 0.494 e. The molecule has 0 N–H and O–H groups in total. The van der Waals surface area contributed by atoms with Gasteiger partial charge >= 0.3 is 0 Å². The quantitative estimate of drug-likeness (QED) is 0.256. The van der Waals surface area contributed by atoms with Crippen LogP contribution in [-0.2, 0) is 9.47 Å². The standard InChI is InChI=1S/C27H40O4/c1-4-7-18-28-21-27(22-29-19-8-5-2)31-26-16-12-24(13-17-26)23-10-14-25(15-11-23)30-20-9-6-3/h10-17,27H,4-9,18-22H2,1-3H3. The zero-order chi connectivity index (χ0) is 22.2. The molecular formula is C27H40O4. The first kappa shape index (κ1) is 25.2. The maximum absolute atomic E-state index is 6.17. The van der Waals surface area contributed by atoms with E-state index in [1.54, 1.807) is 0 Å². The van der Waals surface area contributed by atoms with Crippen LogP contribution < -0.4 is 9.47 Å². The van der Waals surface area contributed by atoms with Crippen molar-refractivity contribution in [2.75, 3.05) is 33.0 Å². The van der Waals surface area contributed by atoms with Gasteiger partial charge < -0.3 is 18.9 Å². The van der Waals surface area contributed by atoms with Gasteiger partial charge in [0, 0.05) is 13.2 Å². The summed E-state index contributed by atoms with van der Waals surface area (Å²) in [4.78, 5) is 0. The Morgan fingerprint density at radius 3 is 1.52 bits per heavy atom. The van der Waals surface area contributed by atoms with Crippen molar-refractivity contribution in [1.29, 1.82) is 0 Å². The number of rotatable bonds is 17. The van der Waals surface area contributed by atoms with E-state index in [0.717, 1.165) is 81.0 Å². The third-order valence-electron chi connectivity index (χ3n) is 5.00. The van der Waals surface area contributed by atoms with Crippen LogP contribution in [0.5, 0.6) is 11.5 Å². The van der Waals surface area contributed by atoms with Crippen molar-refractivity contribution in [2.24, 2.45) is 0 Å². The molecule has 4 heteroatoms. The van der Waals surface area contributed by atoms with Crippen molar-refractivity contribution >= 4 is 0 Å². The molecule has 0 saturated heterocycles. The van der Waals surface area contributed by atoms with Gasteiger partial charge in [-0.25, -0.2) is 0 Å². The summed E-state index contributed by atoms with van der Waals surface area (Å²) in [5.74, 6) is 1.76. The summed E-state index contributed by atoms with van der Waals surface area (Å²) in [6.45, 7) is 9.90. The Bertz CT molecular complexity index is 669. The van der Waals surface area contributed by atoms with E-state index in [9.17, 15) is 0 Å². The van der Waals surface area contributed by atoms with E-state index in [2.05, 4.69) is 45.0 Å². The minimum absolute atomic E-state index is 0.0980. The normalized spacial score (nSPS) is 11.1. The minimum Gasteiger partial charge on any atom is -0.494 e. The van der Waals surface area contributed by atoms with E-state index >= 15 is 0 Å². The lowest BCUT2D eigenvalue weighted by molar-refractivity contribution is -0.00735. The van der Waals surface area contributed by atoms with Crippen LogP contribution in [0.4, 0.5) is 0 Å². The molecule has 0 bridgehead atoms. The molecule has 0 aromatic heterocycles. The van der Waals surface area contributed by atoms with Gasteiger partial charge in [0.2, 0.25) is 0 Å². The highest BCUT2D eigenvalue weighted by Crippen LogP contribution is 2.25. The number of hydrogen-bond donors (Lipinski definition) is 0. The summed E-state index contributed by atoms with van der Waals surface area (Å²) < 4.78 is 23.5. The number of ether oxygens (including phenoxy) is 4. The van der Waals surface area contributed by atoms with Crippen LogP contribution in [0, 0.1) is 0 Å². The summed E-state index contributed by atoms with van der Waals surface area (Å²) in [6.07, 6.45) is 6.53. The second kappa shape index (κ2) is 15.7. The van der Waals surface area contributed by atoms with Crippen LogP contribution >= 0.6 is 0 Å². The highest BCUT2D eigenvalue weighted by Gasteiger charge is 2.12. The summed E-state index contributed by atoms with van der Waals surface area (Å²) in [7, 11) is 0. The Balaban J connectivity index is 1.90. The first-order valence-electron chi connectivity index (χ1n) is 11.9. The second-order valence-corrected chi connectivity index (χ2v) is 7.85. The molecule has 0 amide bonds. The SMILES string of the molecule is CCCCOCC(COCCCC)Oc1ccc(-c2ccc(OCCCC)cc2)cc1. The molecule has 0 heterocycles. The third-order valence-corrected chi connectivity index (χ3v) is 5.00. The fourth-order valence-corrected chi connectivity index (χ4v) is 3.03. The molecule has 2 aromatic carbocycles. The van der Waals surface area contributed by atoms with Crippen molar-refractivity contribution in [1.82, 2.24) is 0 Å². The lowest BCUT2D eigenvalue weighted by atomic mass is 10.1. The predicted octanol–water partition coefficient (Wildman–Crippen LogP) is 6.91. The number of unbranched alkanes of at least 4 members (excludes halogenated alkanes) is 3. The zero-order valence-corrected chi connectivity index (χ0v) is 19.6. The number of benzene rings is 2. The van der Waals surface area contributed by atoms with Crippen molar-refractivity contribution in [3.8, 4) is 22.6 Å². The van der Waals surface area contributed by atoms with Gasteiger partial charge in [-0.3, -0.25) is 0 Å². The molecule has 0 aliphatic heterocycles. The topological polar surface area (TPSA) is 36.9 Å². The van der Waals surface area contributed by atoms with E-state index in [1.807, 2.05) is 24.3 Å². The zero-order valence-electron chi connectivity index (χ0n) is 19.6. The number of hydrogen-bond acceptors (Lipinski definition) is 4. The lowest BCUT2D eigenvalue weighted by Crippen LogP contribution is -2.29. The molecule has 2 rings (SSSR count). The van der Waals surface area contributed by atoms with Gasteiger partial charge in [0.1, 0.15) is 17.6 Å². The van der Waals surface area contributed by atoms with E-state index in [-0.39, 0.29) is 6.10 Å². The van der Waals surface area contributed by atoms with Crippen molar-refractivity contribution in [3.05, 3.63) is 48.5 Å². The molecule has 0 fully saturated rings. The molecule has 2 aromatic rings. The molecule has 172 valence electrons. The highest BCUT2D eigenvalue weighted by molar-refractivity contribution is 5.64. The summed E-state index contributed by atoms with van der Waals surface area (Å²) in [5.41, 5.74) is 2.32. The molecule has 31 heavy (non-hydrogen) atoms. The van der Waals surface area contributed by atoms with Crippen molar-refractivity contribution in [2.45, 2.75) is 65.4 Å². The Morgan fingerprint density at radius 1 is 0.581 bits per heavy atom. The fourth-order valence-electron chi connectivity index (χ4n) is 3.03. The van der Waals surface area contributed by atoms with Gasteiger partial charge in [-0.15, -0.1) is 0 Å². The fraction of sp³-hybridized carbons (Fsp3) is 0.556. The smallest absolute Gasteiger partial charge is 0.145 e. The first-order valence-corrected chi connectivity index (χ1v) is 11.9. The Hall–Kier alpha value is -2.04. The molecular weight excluding hydrogens is 388 g/mol. The molecule has 0 spiro atoms. The maximum Gasteiger partial charge on any atom is 0.145 e. The van der Waals surface area contributed by atoms with E-state index in [1.165, 1.54) is 0 Å². The molecule has 0 aliphatic rings. The van der Waals surface area contributed by atoms with Gasteiger partial charge in [-0.05, 0) is 54.7 Å². The Kier molecular flexibility index (Phi) is 12.8. The van der Waals surface area contributed by atoms with Gasteiger partial charge in [0.15, 0.2) is 0 Å². The summed E-state index contributed by atoms with van der Waals surface area (Å²) in [5, 5.41) is 0. The summed E-state index contributed by atoms with van der Waals surface area (Å²) >= 11 is 0. The van der Waals surface area contributed by atoms with Gasteiger partial charge in [-0.1, -0.05) is 64.3 Å².